The molecule has 0 aliphatic rings. The van der Waals surface area contributed by atoms with Gasteiger partial charge in [0.15, 0.2) is 12.4 Å². The highest BCUT2D eigenvalue weighted by molar-refractivity contribution is 5.57. The van der Waals surface area contributed by atoms with Gasteiger partial charge in [-0.05, 0) is 0 Å². The Morgan fingerprint density at radius 2 is 1.93 bits per heavy atom. The molecule has 0 fully saturated rings. The van der Waals surface area contributed by atoms with E-state index in [0.717, 1.165) is 0 Å². The topological polar surface area (TPSA) is 145 Å². The van der Waals surface area contributed by atoms with Gasteiger partial charge in [0.1, 0.15) is 18.3 Å². The summed E-state index contributed by atoms with van der Waals surface area (Å²) in [4.78, 5) is 14.6. The number of hydrogen-bond donors (Lipinski definition) is 6. The van der Waals surface area contributed by atoms with Crippen molar-refractivity contribution in [2.45, 2.75) is 24.4 Å². The molecule has 14 heavy (non-hydrogen) atoms. The van der Waals surface area contributed by atoms with Crippen LogP contribution < -0.4 is 11.4 Å². The zero-order valence-electron chi connectivity index (χ0n) is 7.28. The lowest BCUT2D eigenvalue weighted by molar-refractivity contribution is -0.159. The average Bonchev–Trinajstić information content (AvgIpc) is 2.22. The van der Waals surface area contributed by atoms with Gasteiger partial charge in [-0.25, -0.2) is 5.84 Å². The van der Waals surface area contributed by atoms with Gasteiger partial charge in [-0.2, -0.15) is 0 Å². The summed E-state index contributed by atoms with van der Waals surface area (Å²) in [5.41, 5.74) is 1.66. The zero-order chi connectivity index (χ0) is 11.1. The second-order valence-corrected chi connectivity index (χ2v) is 2.57. The van der Waals surface area contributed by atoms with Crippen molar-refractivity contribution in [3.8, 4) is 0 Å². The Kier molecular flexibility index (Phi) is 6.49. The molecule has 0 bridgehead atoms. The van der Waals surface area contributed by atoms with Crippen LogP contribution in [0.25, 0.3) is 0 Å². The fraction of sp³-hybridized carbons (Fsp3) is 0.833. The minimum Gasteiger partial charge on any atom is -0.394 e. The molecule has 0 saturated carbocycles. The van der Waals surface area contributed by atoms with Crippen LogP contribution in [0, 0.1) is 0 Å². The molecule has 0 saturated heterocycles. The maximum absolute atomic E-state index is 10.3. The normalized spacial score (nSPS) is 19.8. The van der Waals surface area contributed by atoms with Crippen LogP contribution >= 0.6 is 0 Å². The first-order valence-electron chi connectivity index (χ1n) is 3.80. The number of nitrogens with two attached hydrogens (primary N) is 1. The monoisotopic (exact) mass is 210 g/mol. The summed E-state index contributed by atoms with van der Waals surface area (Å²) in [7, 11) is 0. The highest BCUT2D eigenvalue weighted by atomic mass is 16.7. The van der Waals surface area contributed by atoms with E-state index in [0.29, 0.717) is 0 Å². The van der Waals surface area contributed by atoms with Crippen LogP contribution in [-0.4, -0.2) is 57.7 Å². The van der Waals surface area contributed by atoms with Crippen molar-refractivity contribution >= 4 is 6.29 Å². The van der Waals surface area contributed by atoms with E-state index in [2.05, 4.69) is 4.84 Å². The van der Waals surface area contributed by atoms with E-state index in [9.17, 15) is 9.90 Å². The highest BCUT2D eigenvalue weighted by Gasteiger charge is 2.31. The van der Waals surface area contributed by atoms with Crippen molar-refractivity contribution in [1.29, 1.82) is 0 Å². The first kappa shape index (κ1) is 13.4. The molecule has 0 aliphatic heterocycles. The quantitative estimate of drug-likeness (QED) is 0.142. The SMILES string of the molecule is NNO[C@@H](C=O)[C@@H](O)[C@@H](O)[C@H](O)CO. The van der Waals surface area contributed by atoms with Crippen molar-refractivity contribution in [3.63, 3.8) is 0 Å². The average molecular weight is 210 g/mol. The van der Waals surface area contributed by atoms with Gasteiger partial charge >= 0.3 is 0 Å². The van der Waals surface area contributed by atoms with Crippen molar-refractivity contribution < 1.29 is 30.1 Å². The molecule has 0 aromatic heterocycles. The largest absolute Gasteiger partial charge is 0.394 e. The summed E-state index contributed by atoms with van der Waals surface area (Å²) < 4.78 is 0. The predicted octanol–water partition coefficient (Wildman–Crippen LogP) is -3.98. The van der Waals surface area contributed by atoms with Crippen LogP contribution in [0.4, 0.5) is 0 Å². The number of hydrogen-bond acceptors (Lipinski definition) is 8. The van der Waals surface area contributed by atoms with Crippen LogP contribution in [0.15, 0.2) is 0 Å². The Hall–Kier alpha value is -0.610. The number of aldehydes is 1. The molecule has 0 rings (SSSR count). The third kappa shape index (κ3) is 3.64. The lowest BCUT2D eigenvalue weighted by Crippen LogP contribution is -2.49. The van der Waals surface area contributed by atoms with Crippen LogP contribution in [0.5, 0.6) is 0 Å². The molecular formula is C6H14N2O6. The van der Waals surface area contributed by atoms with E-state index >= 15 is 0 Å². The number of carbonyl (C=O) groups excluding carboxylic acids is 1. The van der Waals surface area contributed by atoms with Gasteiger partial charge in [-0.3, -0.25) is 4.84 Å². The highest BCUT2D eigenvalue weighted by Crippen LogP contribution is 2.05. The number of carbonyl (C=O) groups is 1. The number of aliphatic hydroxyl groups excluding tert-OH is 4. The molecule has 0 aromatic rings. The third-order valence-electron chi connectivity index (χ3n) is 1.61. The number of rotatable bonds is 7. The summed E-state index contributed by atoms with van der Waals surface area (Å²) in [6, 6.07) is 0. The molecule has 84 valence electrons. The Balaban J connectivity index is 4.25. The Morgan fingerprint density at radius 1 is 1.36 bits per heavy atom. The van der Waals surface area contributed by atoms with Crippen LogP contribution in [0.3, 0.4) is 0 Å². The van der Waals surface area contributed by atoms with E-state index < -0.39 is 31.0 Å². The Bertz CT molecular complexity index is 168. The van der Waals surface area contributed by atoms with Crippen LogP contribution in [-0.2, 0) is 9.63 Å². The molecule has 4 atom stereocenters. The lowest BCUT2D eigenvalue weighted by atomic mass is 10.0. The van der Waals surface area contributed by atoms with E-state index in [1.165, 1.54) is 0 Å². The summed E-state index contributed by atoms with van der Waals surface area (Å²) in [6.07, 6.45) is -6.20. The van der Waals surface area contributed by atoms with Gasteiger partial charge in [-0.1, -0.05) is 0 Å². The molecule has 0 amide bonds. The number of nitrogens with one attached hydrogen (secondary N) is 1. The minimum atomic E-state index is -1.71. The van der Waals surface area contributed by atoms with E-state index in [4.69, 9.17) is 21.2 Å². The molecule has 0 unspecified atom stereocenters. The molecule has 7 N–H and O–H groups in total. The fourth-order valence-corrected chi connectivity index (χ4v) is 0.786. The van der Waals surface area contributed by atoms with Gasteiger partial charge in [-0.15, -0.1) is 5.59 Å². The Labute approximate surface area is 79.8 Å². The second-order valence-electron chi connectivity index (χ2n) is 2.57. The maximum atomic E-state index is 10.3. The summed E-state index contributed by atoms with van der Waals surface area (Å²) >= 11 is 0. The third-order valence-corrected chi connectivity index (χ3v) is 1.61. The van der Waals surface area contributed by atoms with Crippen LogP contribution in [0.2, 0.25) is 0 Å². The van der Waals surface area contributed by atoms with Gasteiger partial charge < -0.3 is 25.2 Å². The van der Waals surface area contributed by atoms with E-state index in [1.54, 1.807) is 5.59 Å². The van der Waals surface area contributed by atoms with Crippen molar-refractivity contribution in [1.82, 2.24) is 5.59 Å². The first-order valence-corrected chi connectivity index (χ1v) is 3.80. The zero-order valence-corrected chi connectivity index (χ0v) is 7.28. The summed E-state index contributed by atoms with van der Waals surface area (Å²) in [5, 5.41) is 35.8. The van der Waals surface area contributed by atoms with Crippen molar-refractivity contribution in [2.75, 3.05) is 6.61 Å². The van der Waals surface area contributed by atoms with E-state index in [1.807, 2.05) is 0 Å². The van der Waals surface area contributed by atoms with Crippen LogP contribution in [0.1, 0.15) is 0 Å². The molecule has 0 radical (unpaired) electrons. The molecule has 0 aliphatic carbocycles. The lowest BCUT2D eigenvalue weighted by Gasteiger charge is -2.24. The molecule has 0 heterocycles. The molecular weight excluding hydrogens is 196 g/mol. The molecule has 8 nitrogen and oxygen atoms in total. The van der Waals surface area contributed by atoms with Crippen molar-refractivity contribution in [2.24, 2.45) is 5.84 Å². The molecule has 0 spiro atoms. The van der Waals surface area contributed by atoms with E-state index in [-0.39, 0.29) is 6.29 Å². The Morgan fingerprint density at radius 3 is 2.29 bits per heavy atom. The molecule has 8 heteroatoms. The second kappa shape index (κ2) is 6.79. The van der Waals surface area contributed by atoms with Gasteiger partial charge in [0.25, 0.3) is 0 Å². The summed E-state index contributed by atoms with van der Waals surface area (Å²) in [5.74, 6) is 4.72. The minimum absolute atomic E-state index is 0.192. The standard InChI is InChI=1S/C6H14N2O6/c7-8-14-4(2-10)6(13)5(12)3(11)1-9/h2-6,8-9,11-13H,1,7H2/t3-,4+,5+,6-/m1/s1. The summed E-state index contributed by atoms with van der Waals surface area (Å²) in [6.45, 7) is -0.750. The van der Waals surface area contributed by atoms with Gasteiger partial charge in [0.05, 0.1) is 6.61 Å². The number of hydrazine groups is 1. The predicted molar refractivity (Wildman–Crippen MR) is 43.4 cm³/mol. The maximum Gasteiger partial charge on any atom is 0.164 e. The smallest absolute Gasteiger partial charge is 0.164 e. The van der Waals surface area contributed by atoms with Gasteiger partial charge in [0.2, 0.25) is 0 Å². The fourth-order valence-electron chi connectivity index (χ4n) is 0.786. The number of aliphatic hydroxyl groups is 4. The van der Waals surface area contributed by atoms with Gasteiger partial charge in [0, 0.05) is 0 Å². The first-order chi connectivity index (χ1) is 6.58. The molecule has 0 aromatic carbocycles. The van der Waals surface area contributed by atoms with Crippen molar-refractivity contribution in [3.05, 3.63) is 0 Å².